The van der Waals surface area contributed by atoms with Gasteiger partial charge in [0.15, 0.2) is 0 Å². The van der Waals surface area contributed by atoms with Crippen LogP contribution in [0, 0.1) is 5.92 Å². The fraction of sp³-hybridized carbons (Fsp3) is 0.615. The molecule has 2 aliphatic rings. The number of carbonyl (C=O) groups is 1. The molecule has 0 fully saturated rings. The minimum atomic E-state index is 0.131. The number of allylic oxidation sites excluding steroid dienone is 2. The predicted molar refractivity (Wildman–Crippen MR) is 61.4 cm³/mol. The Morgan fingerprint density at radius 3 is 2.93 bits per heavy atom. The number of nitrogens with zero attached hydrogens (tertiary/aromatic N) is 1. The maximum absolute atomic E-state index is 11.9. The Kier molecular flexibility index (Phi) is 2.94. The maximum atomic E-state index is 11.9. The van der Waals surface area contributed by atoms with Crippen molar-refractivity contribution < 1.29 is 4.79 Å². The highest BCUT2D eigenvalue weighted by Gasteiger charge is 2.23. The highest BCUT2D eigenvalue weighted by molar-refractivity contribution is 5.78. The molecule has 0 saturated carbocycles. The zero-order chi connectivity index (χ0) is 10.8. The van der Waals surface area contributed by atoms with Crippen molar-refractivity contribution in [1.29, 1.82) is 0 Å². The normalized spacial score (nSPS) is 20.9. The van der Waals surface area contributed by atoms with Crippen LogP contribution in [-0.4, -0.2) is 23.9 Å². The van der Waals surface area contributed by atoms with E-state index in [1.807, 2.05) is 18.7 Å². The average molecular weight is 205 g/mol. The summed E-state index contributed by atoms with van der Waals surface area (Å²) in [4.78, 5) is 13.9. The van der Waals surface area contributed by atoms with Crippen LogP contribution in [0.1, 0.15) is 33.1 Å². The first-order valence-electron chi connectivity index (χ1n) is 5.84. The molecule has 0 N–H and O–H groups in total. The van der Waals surface area contributed by atoms with Gasteiger partial charge in [-0.1, -0.05) is 26.0 Å². The minimum Gasteiger partial charge on any atom is -0.338 e. The molecule has 15 heavy (non-hydrogen) atoms. The van der Waals surface area contributed by atoms with E-state index in [9.17, 15) is 4.79 Å². The number of amides is 1. The molecule has 0 unspecified atom stereocenters. The lowest BCUT2D eigenvalue weighted by atomic mass is 9.91. The van der Waals surface area contributed by atoms with Crippen molar-refractivity contribution in [3.05, 3.63) is 23.3 Å². The first-order valence-corrected chi connectivity index (χ1v) is 5.84. The van der Waals surface area contributed by atoms with E-state index in [1.54, 1.807) is 0 Å². The van der Waals surface area contributed by atoms with E-state index in [-0.39, 0.29) is 5.92 Å². The van der Waals surface area contributed by atoms with Gasteiger partial charge in [-0.25, -0.2) is 0 Å². The Bertz CT molecular complexity index is 325. The van der Waals surface area contributed by atoms with Crippen LogP contribution >= 0.6 is 0 Å². The second-order valence-electron chi connectivity index (χ2n) is 4.73. The molecule has 0 aromatic carbocycles. The summed E-state index contributed by atoms with van der Waals surface area (Å²) >= 11 is 0. The van der Waals surface area contributed by atoms with Crippen molar-refractivity contribution in [2.75, 3.05) is 13.1 Å². The fourth-order valence-corrected chi connectivity index (χ4v) is 2.32. The highest BCUT2D eigenvalue weighted by Crippen LogP contribution is 2.27. The topological polar surface area (TPSA) is 20.3 Å². The van der Waals surface area contributed by atoms with Crippen molar-refractivity contribution in [3.8, 4) is 0 Å². The second kappa shape index (κ2) is 4.21. The standard InChI is InChI=1S/C13H19NO/c1-10(2)13(15)14-8-7-11-5-3-4-6-12(11)9-14/h3,5,10H,4,6-9H2,1-2H3. The third-order valence-corrected chi connectivity index (χ3v) is 3.22. The lowest BCUT2D eigenvalue weighted by Gasteiger charge is -2.32. The van der Waals surface area contributed by atoms with E-state index in [0.29, 0.717) is 5.91 Å². The van der Waals surface area contributed by atoms with Gasteiger partial charge >= 0.3 is 0 Å². The summed E-state index contributed by atoms with van der Waals surface area (Å²) in [5.41, 5.74) is 2.96. The molecule has 1 aliphatic carbocycles. The second-order valence-corrected chi connectivity index (χ2v) is 4.73. The quantitative estimate of drug-likeness (QED) is 0.644. The predicted octanol–water partition coefficient (Wildman–Crippen LogP) is 2.52. The lowest BCUT2D eigenvalue weighted by Crippen LogP contribution is -2.39. The molecular formula is C13H19NO. The Balaban J connectivity index is 2.08. The van der Waals surface area contributed by atoms with Gasteiger partial charge in [-0.3, -0.25) is 4.79 Å². The van der Waals surface area contributed by atoms with Gasteiger partial charge in [-0.05, 0) is 30.4 Å². The van der Waals surface area contributed by atoms with Gasteiger partial charge in [-0.15, -0.1) is 0 Å². The molecule has 0 bridgehead atoms. The van der Waals surface area contributed by atoms with E-state index in [2.05, 4.69) is 12.2 Å². The molecule has 1 aliphatic heterocycles. The fourth-order valence-electron chi connectivity index (χ4n) is 2.32. The molecule has 2 nitrogen and oxygen atoms in total. The van der Waals surface area contributed by atoms with E-state index in [0.717, 1.165) is 32.4 Å². The Morgan fingerprint density at radius 1 is 1.40 bits per heavy atom. The van der Waals surface area contributed by atoms with Gasteiger partial charge in [0.2, 0.25) is 5.91 Å². The van der Waals surface area contributed by atoms with Crippen LogP contribution in [0.4, 0.5) is 0 Å². The zero-order valence-electron chi connectivity index (χ0n) is 9.62. The van der Waals surface area contributed by atoms with Gasteiger partial charge in [0.05, 0.1) is 0 Å². The third-order valence-electron chi connectivity index (χ3n) is 3.22. The SMILES string of the molecule is CC(C)C(=O)N1CCC2=C(CCC=C2)C1. The van der Waals surface area contributed by atoms with E-state index < -0.39 is 0 Å². The van der Waals surface area contributed by atoms with Crippen LogP contribution in [0.3, 0.4) is 0 Å². The van der Waals surface area contributed by atoms with Gasteiger partial charge in [0.1, 0.15) is 0 Å². The van der Waals surface area contributed by atoms with Crippen LogP contribution in [0.5, 0.6) is 0 Å². The summed E-state index contributed by atoms with van der Waals surface area (Å²) < 4.78 is 0. The largest absolute Gasteiger partial charge is 0.338 e. The van der Waals surface area contributed by atoms with Crippen LogP contribution in [0.15, 0.2) is 23.3 Å². The van der Waals surface area contributed by atoms with Gasteiger partial charge in [0.25, 0.3) is 0 Å². The summed E-state index contributed by atoms with van der Waals surface area (Å²) in [6.07, 6.45) is 7.83. The molecule has 0 radical (unpaired) electrons. The van der Waals surface area contributed by atoms with Gasteiger partial charge < -0.3 is 4.90 Å². The molecule has 82 valence electrons. The average Bonchev–Trinajstić information content (AvgIpc) is 2.27. The van der Waals surface area contributed by atoms with E-state index in [1.165, 1.54) is 11.1 Å². The molecule has 2 rings (SSSR count). The van der Waals surface area contributed by atoms with Crippen LogP contribution in [0.25, 0.3) is 0 Å². The molecule has 0 aromatic rings. The van der Waals surface area contributed by atoms with E-state index >= 15 is 0 Å². The van der Waals surface area contributed by atoms with Crippen molar-refractivity contribution in [2.45, 2.75) is 33.1 Å². The highest BCUT2D eigenvalue weighted by atomic mass is 16.2. The number of hydrogen-bond donors (Lipinski definition) is 0. The first kappa shape index (κ1) is 10.5. The Morgan fingerprint density at radius 2 is 2.20 bits per heavy atom. The number of carbonyl (C=O) groups excluding carboxylic acids is 1. The van der Waals surface area contributed by atoms with Gasteiger partial charge in [0, 0.05) is 19.0 Å². The minimum absolute atomic E-state index is 0.131. The summed E-state index contributed by atoms with van der Waals surface area (Å²) in [6.45, 7) is 5.73. The van der Waals surface area contributed by atoms with Crippen molar-refractivity contribution >= 4 is 5.91 Å². The molecule has 0 spiro atoms. The van der Waals surface area contributed by atoms with E-state index in [4.69, 9.17) is 0 Å². The summed E-state index contributed by atoms with van der Waals surface area (Å²) in [6, 6.07) is 0. The number of hydrogen-bond acceptors (Lipinski definition) is 1. The first-order chi connectivity index (χ1) is 7.18. The third kappa shape index (κ3) is 2.14. The summed E-state index contributed by atoms with van der Waals surface area (Å²) in [7, 11) is 0. The molecule has 0 atom stereocenters. The number of rotatable bonds is 1. The Hall–Kier alpha value is -1.05. The molecule has 1 amide bonds. The zero-order valence-corrected chi connectivity index (χ0v) is 9.62. The molecule has 2 heteroatoms. The molecule has 0 aromatic heterocycles. The van der Waals surface area contributed by atoms with Crippen molar-refractivity contribution in [2.24, 2.45) is 5.92 Å². The van der Waals surface area contributed by atoms with Crippen LogP contribution in [-0.2, 0) is 4.79 Å². The monoisotopic (exact) mass is 205 g/mol. The molecule has 0 saturated heterocycles. The molecule has 1 heterocycles. The Labute approximate surface area is 91.6 Å². The van der Waals surface area contributed by atoms with Crippen molar-refractivity contribution in [3.63, 3.8) is 0 Å². The lowest BCUT2D eigenvalue weighted by molar-refractivity contribution is -0.134. The summed E-state index contributed by atoms with van der Waals surface area (Å²) in [5, 5.41) is 0. The van der Waals surface area contributed by atoms with Crippen LogP contribution in [0.2, 0.25) is 0 Å². The maximum Gasteiger partial charge on any atom is 0.225 e. The van der Waals surface area contributed by atoms with Gasteiger partial charge in [-0.2, -0.15) is 0 Å². The summed E-state index contributed by atoms with van der Waals surface area (Å²) in [5.74, 6) is 0.433. The van der Waals surface area contributed by atoms with Crippen LogP contribution < -0.4 is 0 Å². The van der Waals surface area contributed by atoms with Crippen molar-refractivity contribution in [1.82, 2.24) is 4.90 Å². The smallest absolute Gasteiger partial charge is 0.225 e. The molecular weight excluding hydrogens is 186 g/mol.